The lowest BCUT2D eigenvalue weighted by Crippen LogP contribution is -2.20. The molecule has 2 aromatic rings. The normalized spacial score (nSPS) is 20.1. The number of benzene rings is 2. The van der Waals surface area contributed by atoms with Gasteiger partial charge in [-0.05, 0) is 18.6 Å². The van der Waals surface area contributed by atoms with E-state index in [0.717, 1.165) is 16.9 Å². The van der Waals surface area contributed by atoms with Gasteiger partial charge in [-0.2, -0.15) is 0 Å². The van der Waals surface area contributed by atoms with Crippen LogP contribution in [-0.2, 0) is 9.53 Å². The van der Waals surface area contributed by atoms with Crippen LogP contribution in [0.15, 0.2) is 48.5 Å². The fourth-order valence-corrected chi connectivity index (χ4v) is 2.61. The molecular weight excluding hydrogens is 252 g/mol. The van der Waals surface area contributed by atoms with Crippen molar-refractivity contribution in [2.75, 3.05) is 7.11 Å². The molecule has 3 rings (SSSR count). The Bertz CT molecular complexity index is 631. The lowest BCUT2D eigenvalue weighted by molar-refractivity contribution is -0.144. The molecule has 0 bridgehead atoms. The van der Waals surface area contributed by atoms with Crippen LogP contribution in [0.1, 0.15) is 28.7 Å². The number of hydrogen-bond acceptors (Lipinski definition) is 3. The number of esters is 1. The van der Waals surface area contributed by atoms with Crippen LogP contribution in [0, 0.1) is 6.92 Å². The van der Waals surface area contributed by atoms with E-state index in [1.807, 2.05) is 55.5 Å². The van der Waals surface area contributed by atoms with E-state index < -0.39 is 5.92 Å². The van der Waals surface area contributed by atoms with Gasteiger partial charge in [0, 0.05) is 5.56 Å². The summed E-state index contributed by atoms with van der Waals surface area (Å²) in [5.41, 5.74) is 3.06. The molecule has 20 heavy (non-hydrogen) atoms. The van der Waals surface area contributed by atoms with Crippen molar-refractivity contribution in [3.8, 4) is 5.75 Å². The Labute approximate surface area is 118 Å². The minimum atomic E-state index is -0.404. The van der Waals surface area contributed by atoms with Crippen molar-refractivity contribution >= 4 is 5.97 Å². The standard InChI is InChI=1S/C17H16O3/c1-11-7-9-12(10-8-11)16-15(17(18)19-2)13-5-3-4-6-14(13)20-16/h3-10,15-16H,1-2H3/t15-,16-/m1/s1. The molecule has 2 atom stereocenters. The number of carbonyl (C=O) groups excluding carboxylic acids is 1. The zero-order chi connectivity index (χ0) is 14.1. The maximum absolute atomic E-state index is 12.1. The highest BCUT2D eigenvalue weighted by Gasteiger charge is 2.41. The average Bonchev–Trinajstić information content (AvgIpc) is 2.86. The molecule has 1 heterocycles. The third kappa shape index (κ3) is 2.05. The molecule has 3 heteroatoms. The average molecular weight is 268 g/mol. The zero-order valence-electron chi connectivity index (χ0n) is 11.5. The minimum absolute atomic E-state index is 0.263. The minimum Gasteiger partial charge on any atom is -0.484 e. The molecule has 0 fully saturated rings. The molecule has 0 radical (unpaired) electrons. The van der Waals surface area contributed by atoms with E-state index in [-0.39, 0.29) is 12.1 Å². The van der Waals surface area contributed by atoms with Gasteiger partial charge in [0.1, 0.15) is 17.8 Å². The van der Waals surface area contributed by atoms with Gasteiger partial charge in [0.2, 0.25) is 0 Å². The molecule has 0 unspecified atom stereocenters. The van der Waals surface area contributed by atoms with Crippen LogP contribution in [0.5, 0.6) is 5.75 Å². The van der Waals surface area contributed by atoms with Crippen LogP contribution in [0.2, 0.25) is 0 Å². The van der Waals surface area contributed by atoms with Crippen molar-refractivity contribution < 1.29 is 14.3 Å². The SMILES string of the molecule is COC(=O)[C@@H]1c2ccccc2O[C@@H]1c1ccc(C)cc1. The molecule has 0 spiro atoms. The van der Waals surface area contributed by atoms with E-state index >= 15 is 0 Å². The number of para-hydroxylation sites is 1. The van der Waals surface area contributed by atoms with Gasteiger partial charge in [-0.1, -0.05) is 48.0 Å². The Hall–Kier alpha value is -2.29. The van der Waals surface area contributed by atoms with E-state index in [0.29, 0.717) is 0 Å². The Kier molecular flexibility index (Phi) is 3.18. The zero-order valence-corrected chi connectivity index (χ0v) is 11.5. The summed E-state index contributed by atoms with van der Waals surface area (Å²) in [4.78, 5) is 12.1. The Balaban J connectivity index is 2.03. The Morgan fingerprint density at radius 1 is 1.10 bits per heavy atom. The number of ether oxygens (including phenoxy) is 2. The van der Waals surface area contributed by atoms with E-state index in [4.69, 9.17) is 9.47 Å². The second-order valence-corrected chi connectivity index (χ2v) is 4.99. The monoisotopic (exact) mass is 268 g/mol. The maximum atomic E-state index is 12.1. The number of hydrogen-bond donors (Lipinski definition) is 0. The third-order valence-corrected chi connectivity index (χ3v) is 3.67. The maximum Gasteiger partial charge on any atom is 0.317 e. The van der Waals surface area contributed by atoms with Crippen molar-refractivity contribution in [2.45, 2.75) is 18.9 Å². The largest absolute Gasteiger partial charge is 0.484 e. The van der Waals surface area contributed by atoms with Gasteiger partial charge < -0.3 is 9.47 Å². The molecular formula is C17H16O3. The summed E-state index contributed by atoms with van der Waals surface area (Å²) in [6, 6.07) is 15.7. The smallest absolute Gasteiger partial charge is 0.317 e. The van der Waals surface area contributed by atoms with Crippen LogP contribution in [-0.4, -0.2) is 13.1 Å². The van der Waals surface area contributed by atoms with Crippen molar-refractivity contribution in [3.63, 3.8) is 0 Å². The molecule has 1 aliphatic heterocycles. The summed E-state index contributed by atoms with van der Waals surface area (Å²) in [5, 5.41) is 0. The molecule has 0 saturated carbocycles. The fraction of sp³-hybridized carbons (Fsp3) is 0.235. The van der Waals surface area contributed by atoms with Crippen molar-refractivity contribution in [2.24, 2.45) is 0 Å². The second kappa shape index (κ2) is 5.00. The number of fused-ring (bicyclic) bond motifs is 1. The predicted molar refractivity (Wildman–Crippen MR) is 75.7 cm³/mol. The van der Waals surface area contributed by atoms with E-state index in [2.05, 4.69) is 0 Å². The van der Waals surface area contributed by atoms with Gasteiger partial charge in [-0.25, -0.2) is 0 Å². The summed E-state index contributed by atoms with van der Waals surface area (Å²) < 4.78 is 10.9. The Morgan fingerprint density at radius 2 is 1.80 bits per heavy atom. The number of aryl methyl sites for hydroxylation is 1. The first-order valence-corrected chi connectivity index (χ1v) is 6.60. The first kappa shape index (κ1) is 12.7. The van der Waals surface area contributed by atoms with Gasteiger partial charge >= 0.3 is 5.97 Å². The summed E-state index contributed by atoms with van der Waals surface area (Å²) in [5.74, 6) is 0.0907. The summed E-state index contributed by atoms with van der Waals surface area (Å²) in [7, 11) is 1.41. The molecule has 0 amide bonds. The number of methoxy groups -OCH3 is 1. The highest BCUT2D eigenvalue weighted by atomic mass is 16.5. The van der Waals surface area contributed by atoms with Crippen LogP contribution in [0.4, 0.5) is 0 Å². The summed E-state index contributed by atoms with van der Waals surface area (Å²) in [6.45, 7) is 2.03. The molecule has 2 aromatic carbocycles. The van der Waals surface area contributed by atoms with Gasteiger partial charge in [0.25, 0.3) is 0 Å². The Morgan fingerprint density at radius 3 is 2.50 bits per heavy atom. The van der Waals surface area contributed by atoms with Crippen LogP contribution < -0.4 is 4.74 Å². The van der Waals surface area contributed by atoms with E-state index in [1.54, 1.807) is 0 Å². The molecule has 0 N–H and O–H groups in total. The van der Waals surface area contributed by atoms with Gasteiger partial charge in [0.15, 0.2) is 0 Å². The van der Waals surface area contributed by atoms with E-state index in [1.165, 1.54) is 12.7 Å². The van der Waals surface area contributed by atoms with E-state index in [9.17, 15) is 4.79 Å². The molecule has 0 saturated heterocycles. The highest BCUT2D eigenvalue weighted by molar-refractivity contribution is 5.81. The number of rotatable bonds is 2. The summed E-state index contributed by atoms with van der Waals surface area (Å²) in [6.07, 6.45) is -0.319. The van der Waals surface area contributed by atoms with Crippen molar-refractivity contribution in [1.82, 2.24) is 0 Å². The number of carbonyl (C=O) groups is 1. The van der Waals surface area contributed by atoms with Crippen LogP contribution in [0.3, 0.4) is 0 Å². The molecule has 1 aliphatic rings. The fourth-order valence-electron chi connectivity index (χ4n) is 2.61. The first-order valence-electron chi connectivity index (χ1n) is 6.60. The van der Waals surface area contributed by atoms with Gasteiger partial charge in [-0.15, -0.1) is 0 Å². The molecule has 0 aliphatic carbocycles. The molecule has 102 valence electrons. The third-order valence-electron chi connectivity index (χ3n) is 3.67. The first-order chi connectivity index (χ1) is 9.70. The van der Waals surface area contributed by atoms with Gasteiger partial charge in [-0.3, -0.25) is 4.79 Å². The van der Waals surface area contributed by atoms with Crippen molar-refractivity contribution in [1.29, 1.82) is 0 Å². The van der Waals surface area contributed by atoms with Crippen molar-refractivity contribution in [3.05, 3.63) is 65.2 Å². The predicted octanol–water partition coefficient (Wildman–Crippen LogP) is 3.39. The van der Waals surface area contributed by atoms with Crippen LogP contribution in [0.25, 0.3) is 0 Å². The quantitative estimate of drug-likeness (QED) is 0.783. The lowest BCUT2D eigenvalue weighted by Gasteiger charge is -2.17. The topological polar surface area (TPSA) is 35.5 Å². The molecule has 0 aromatic heterocycles. The molecule has 3 nitrogen and oxygen atoms in total. The second-order valence-electron chi connectivity index (χ2n) is 4.99. The summed E-state index contributed by atoms with van der Waals surface area (Å²) >= 11 is 0. The van der Waals surface area contributed by atoms with Gasteiger partial charge in [0.05, 0.1) is 7.11 Å². The van der Waals surface area contributed by atoms with Crippen LogP contribution >= 0.6 is 0 Å². The highest BCUT2D eigenvalue weighted by Crippen LogP contribution is 2.46. The lowest BCUT2D eigenvalue weighted by atomic mass is 9.91.